The van der Waals surface area contributed by atoms with E-state index in [0.29, 0.717) is 23.7 Å². The number of allylic oxidation sites excluding steroid dienone is 6. The molecule has 4 saturated carbocycles. The van der Waals surface area contributed by atoms with Crippen LogP contribution in [0.5, 0.6) is 11.5 Å². The van der Waals surface area contributed by atoms with Gasteiger partial charge in [0.25, 0.3) is 11.8 Å². The van der Waals surface area contributed by atoms with Gasteiger partial charge in [-0.15, -0.1) is 13.2 Å². The van der Waals surface area contributed by atoms with Crippen molar-refractivity contribution in [1.29, 1.82) is 5.26 Å². The Morgan fingerprint density at radius 1 is 0.633 bits per heavy atom. The van der Waals surface area contributed by atoms with Crippen molar-refractivity contribution in [3.05, 3.63) is 108 Å². The molecule has 0 radical (unpaired) electrons. The monoisotopic (exact) mass is 1080 g/mol. The molecule has 6 aliphatic carbocycles. The maximum absolute atomic E-state index is 14.6. The van der Waals surface area contributed by atoms with Gasteiger partial charge in [-0.25, -0.2) is 0 Å². The minimum absolute atomic E-state index is 0. The fourth-order valence-electron chi connectivity index (χ4n) is 19.9. The molecule has 15 nitrogen and oxygen atoms in total. The van der Waals surface area contributed by atoms with Crippen LogP contribution in [-0.4, -0.2) is 91.6 Å². The molecule has 0 aromatic heterocycles. The van der Waals surface area contributed by atoms with Gasteiger partial charge < -0.3 is 50.7 Å². The van der Waals surface area contributed by atoms with Crippen LogP contribution in [0.4, 0.5) is 0 Å². The zero-order valence-electron chi connectivity index (χ0n) is 47.1. The summed E-state index contributed by atoms with van der Waals surface area (Å²) in [6.07, 6.45) is 10.7. The Balaban J connectivity index is 0.000000166. The van der Waals surface area contributed by atoms with Crippen molar-refractivity contribution in [3.8, 4) is 17.6 Å². The summed E-state index contributed by atoms with van der Waals surface area (Å²) in [5.74, 6) is 1.24. The molecule has 0 spiro atoms. The number of nitrogens with zero attached hydrogens (tertiary/aromatic N) is 1. The second-order valence-electron chi connectivity index (χ2n) is 26.7. The molecule has 16 rings (SSSR count). The lowest BCUT2D eigenvalue weighted by Gasteiger charge is -2.48. The summed E-state index contributed by atoms with van der Waals surface area (Å²) >= 11 is 0. The highest BCUT2D eigenvalue weighted by Crippen LogP contribution is 2.70. The van der Waals surface area contributed by atoms with Gasteiger partial charge in [0.2, 0.25) is 11.2 Å². The quantitative estimate of drug-likeness (QED) is 0.143. The van der Waals surface area contributed by atoms with Gasteiger partial charge in [-0.3, -0.25) is 19.2 Å². The maximum atomic E-state index is 14.6. The summed E-state index contributed by atoms with van der Waals surface area (Å²) in [6, 6.07) is 17.4. The molecule has 8 fully saturated rings. The number of amides is 2. The number of morpholine rings is 2. The zero-order chi connectivity index (χ0) is 54.8. The lowest BCUT2D eigenvalue weighted by atomic mass is 9.55. The average Bonchev–Trinajstić information content (AvgIpc) is 3.30. The second kappa shape index (κ2) is 19.1. The third kappa shape index (κ3) is 7.84. The average molecular weight is 1080 g/mol. The molecule has 24 atom stereocenters. The number of benzene rings is 2. The predicted molar refractivity (Wildman–Crippen MR) is 293 cm³/mol. The molecule has 14 aliphatic rings. The molecule has 8 bridgehead atoms. The molecule has 0 unspecified atom stereocenters. The summed E-state index contributed by atoms with van der Waals surface area (Å²) in [6.45, 7) is 28.2. The van der Waals surface area contributed by atoms with E-state index in [1.165, 1.54) is 18.1 Å². The number of carbonyl (C=O) groups is 4. The van der Waals surface area contributed by atoms with Gasteiger partial charge in [-0.1, -0.05) is 101 Å². The smallest absolute Gasteiger partial charge is 0.265 e. The zero-order valence-corrected chi connectivity index (χ0v) is 47.1. The van der Waals surface area contributed by atoms with Crippen molar-refractivity contribution in [3.63, 3.8) is 0 Å². The Hall–Kier alpha value is -5.47. The molecule has 2 aromatic rings. The Bertz CT molecular complexity index is 2780. The van der Waals surface area contributed by atoms with Crippen LogP contribution >= 0.6 is 0 Å². The molecule has 2 aromatic carbocycles. The molecular weight excluding hydrogens is 1000 g/mol. The fourth-order valence-corrected chi connectivity index (χ4v) is 19.9. The molecule has 15 heteroatoms. The molecule has 424 valence electrons. The van der Waals surface area contributed by atoms with Gasteiger partial charge in [-0.2, -0.15) is 5.26 Å². The van der Waals surface area contributed by atoms with E-state index < -0.39 is 58.5 Å². The number of rotatable bonds is 2. The number of fused-ring (bicyclic) bond motifs is 8. The van der Waals surface area contributed by atoms with Crippen molar-refractivity contribution < 1.29 is 59.3 Å². The van der Waals surface area contributed by atoms with E-state index in [0.717, 1.165) is 48.3 Å². The molecule has 79 heavy (non-hydrogen) atoms. The normalized spacial score (nSPS) is 48.1. The van der Waals surface area contributed by atoms with Gasteiger partial charge >= 0.3 is 0 Å². The topological polar surface area (TPSA) is 263 Å². The number of epoxide rings is 2. The van der Waals surface area contributed by atoms with Crippen molar-refractivity contribution >= 4 is 23.4 Å². The number of nitrogens with one attached hydrogen (secondary N) is 2. The Labute approximate surface area is 464 Å². The van der Waals surface area contributed by atoms with Crippen molar-refractivity contribution in [2.45, 2.75) is 148 Å². The number of aliphatic hydroxyl groups is 2. The van der Waals surface area contributed by atoms with Crippen LogP contribution < -0.4 is 20.1 Å². The largest absolute Gasteiger partial charge is 0.490 e. The third-order valence-corrected chi connectivity index (χ3v) is 21.7. The standard InChI is InChI=1S/2C31H37NO5.C2H3N.2H2O/c2*1-6-19-12-17(4)23-22-21(19)26(33)31-27(37-31)30(35,32-28(31)34)14-18-7-9-20(10-8-18)36-25(22)24-16(3)11-15(2)13-29(23,24)5;1-2-3;;/h2*6-10,12,15-16,19,21-25,27,35H,1,11,13-14H2,2-5H3,(H,32,34);1H3;2*1H2/t2*15-,16+,19-,21+,22-,23+,24+,25+,27+,29+,30-,31+;;;/m11.../s1. The van der Waals surface area contributed by atoms with Crippen LogP contribution in [-0.2, 0) is 41.5 Å². The van der Waals surface area contributed by atoms with Crippen LogP contribution in [0.15, 0.2) is 97.1 Å². The summed E-state index contributed by atoms with van der Waals surface area (Å²) in [7, 11) is 0. The lowest BCUT2D eigenvalue weighted by Crippen LogP contribution is -2.51. The van der Waals surface area contributed by atoms with Crippen molar-refractivity contribution in [2.75, 3.05) is 0 Å². The van der Waals surface area contributed by atoms with Crippen LogP contribution in [0.3, 0.4) is 0 Å². The first-order valence-electron chi connectivity index (χ1n) is 28.5. The molecule has 4 saturated heterocycles. The van der Waals surface area contributed by atoms with E-state index in [1.54, 1.807) is 6.07 Å². The first kappa shape index (κ1) is 56.8. The predicted octanol–water partition coefficient (Wildman–Crippen LogP) is 6.54. The van der Waals surface area contributed by atoms with E-state index in [1.807, 2.05) is 60.7 Å². The fraction of sp³-hybridized carbons (Fsp3) is 0.609. The minimum Gasteiger partial charge on any atom is -0.490 e. The van der Waals surface area contributed by atoms with E-state index in [-0.39, 0.29) is 106 Å². The van der Waals surface area contributed by atoms with E-state index in [9.17, 15) is 29.4 Å². The molecule has 8 heterocycles. The van der Waals surface area contributed by atoms with E-state index >= 15 is 0 Å². The highest BCUT2D eigenvalue weighted by atomic mass is 16.7. The lowest BCUT2D eigenvalue weighted by molar-refractivity contribution is -0.145. The highest BCUT2D eigenvalue weighted by Gasteiger charge is 2.84. The third-order valence-electron chi connectivity index (χ3n) is 21.7. The number of Topliss-reactive ketones (excluding diaryl/α,β-unsaturated/α-hetero) is 2. The summed E-state index contributed by atoms with van der Waals surface area (Å²) in [5.41, 5.74) is -2.32. The maximum Gasteiger partial charge on any atom is 0.265 e. The molecule has 2 amide bonds. The van der Waals surface area contributed by atoms with Crippen LogP contribution in [0.1, 0.15) is 99.1 Å². The van der Waals surface area contributed by atoms with Crippen LogP contribution in [0, 0.1) is 105 Å². The first-order valence-corrected chi connectivity index (χ1v) is 28.5. The summed E-state index contributed by atoms with van der Waals surface area (Å²) < 4.78 is 25.8. The Kier molecular flexibility index (Phi) is 13.7. The first-order chi connectivity index (χ1) is 36.5. The van der Waals surface area contributed by atoms with Crippen LogP contribution in [0.25, 0.3) is 0 Å². The number of nitriles is 1. The second-order valence-corrected chi connectivity index (χ2v) is 26.7. The summed E-state index contributed by atoms with van der Waals surface area (Å²) in [5, 5.41) is 35.7. The number of ether oxygens (including phenoxy) is 4. The molecule has 8 N–H and O–H groups in total. The van der Waals surface area contributed by atoms with Crippen LogP contribution in [0.2, 0.25) is 0 Å². The number of hydrogen-bond donors (Lipinski definition) is 4. The van der Waals surface area contributed by atoms with Gasteiger partial charge in [0.15, 0.2) is 35.2 Å². The molecule has 8 aliphatic heterocycles. The SMILES string of the molecule is C=C[C@@H]1C=C(C)[C@H]2[C@@H]3[C@H](Oc4ccc(cc4)C[C@]4(O)NC(=O)[C@]5(O[C@H]54)C(=O)[C@@H]13)[C@@H]1[C@@H](C)C[C@@H](C)C[C@]12C.C=C[C@@H]1C=C(C)[C@H]2[C@@H]3[C@H](Oc4ccc(cc4)C[C@]4(O)NC(=O)[C@]5(O[C@H]54)C(=O)[C@@H]13)[C@@H]1[C@@H](C)C[C@@H](C)C[C@]12C.CC#N.O.O. The van der Waals surface area contributed by atoms with E-state index in [4.69, 9.17) is 24.2 Å². The molecular formula is C64H81N3O12. The van der Waals surface area contributed by atoms with E-state index in [2.05, 4.69) is 91.3 Å². The Morgan fingerprint density at radius 2 is 0.975 bits per heavy atom. The van der Waals surface area contributed by atoms with Gasteiger partial charge in [-0.05, 0) is 121 Å². The van der Waals surface area contributed by atoms with Gasteiger partial charge in [0.1, 0.15) is 23.7 Å². The Morgan fingerprint density at radius 3 is 1.29 bits per heavy atom. The van der Waals surface area contributed by atoms with Crippen molar-refractivity contribution in [2.24, 2.45) is 93.7 Å². The van der Waals surface area contributed by atoms with Gasteiger partial charge in [0.05, 0.1) is 6.07 Å². The highest BCUT2D eigenvalue weighted by molar-refractivity contribution is 6.17. The summed E-state index contributed by atoms with van der Waals surface area (Å²) in [4.78, 5) is 56.0. The van der Waals surface area contributed by atoms with Gasteiger partial charge in [0, 0.05) is 67.1 Å². The number of ketones is 2. The van der Waals surface area contributed by atoms with Crippen molar-refractivity contribution in [1.82, 2.24) is 10.6 Å². The number of carbonyl (C=O) groups excluding carboxylic acids is 4. The number of hydrogen-bond acceptors (Lipinski definition) is 11. The minimum atomic E-state index is -1.64.